The van der Waals surface area contributed by atoms with Crippen LogP contribution in [0.15, 0.2) is 24.3 Å². The van der Waals surface area contributed by atoms with E-state index in [0.29, 0.717) is 18.2 Å². The number of sulfone groups is 1. The van der Waals surface area contributed by atoms with Gasteiger partial charge in [0.25, 0.3) is 0 Å². The highest BCUT2D eigenvalue weighted by atomic mass is 32.2. The van der Waals surface area contributed by atoms with Gasteiger partial charge in [0, 0.05) is 43.8 Å². The van der Waals surface area contributed by atoms with Crippen LogP contribution in [-0.2, 0) is 21.2 Å². The van der Waals surface area contributed by atoms with Crippen LogP contribution < -0.4 is 4.74 Å². The molecule has 2 aliphatic heterocycles. The first kappa shape index (κ1) is 20.1. The molecule has 1 aromatic rings. The Morgan fingerprint density at radius 1 is 1.19 bits per heavy atom. The molecule has 2 saturated heterocycles. The fourth-order valence-electron chi connectivity index (χ4n) is 4.12. The van der Waals surface area contributed by atoms with Crippen molar-refractivity contribution >= 4 is 15.8 Å². The van der Waals surface area contributed by atoms with Crippen molar-refractivity contribution < 1.29 is 23.1 Å². The normalized spacial score (nSPS) is 25.4. The Labute approximate surface area is 160 Å². The molecule has 3 rings (SSSR count). The molecule has 0 aromatic heterocycles. The van der Waals surface area contributed by atoms with Gasteiger partial charge in [0.2, 0.25) is 0 Å². The second kappa shape index (κ2) is 8.16. The fraction of sp³-hybridized carbons (Fsp3) is 0.632. The Bertz CT molecular complexity index is 780. The third-order valence-corrected chi connectivity index (χ3v) is 6.90. The first-order valence-corrected chi connectivity index (χ1v) is 11.2. The van der Waals surface area contributed by atoms with Crippen molar-refractivity contribution in [3.05, 3.63) is 29.8 Å². The summed E-state index contributed by atoms with van der Waals surface area (Å²) in [5, 5.41) is 8.86. The van der Waals surface area contributed by atoms with Crippen molar-refractivity contribution in [1.29, 1.82) is 0 Å². The van der Waals surface area contributed by atoms with Crippen LogP contribution in [0.3, 0.4) is 0 Å². The van der Waals surface area contributed by atoms with Crippen molar-refractivity contribution in [2.45, 2.75) is 32.5 Å². The summed E-state index contributed by atoms with van der Waals surface area (Å²) < 4.78 is 30.1. The van der Waals surface area contributed by atoms with E-state index in [1.54, 1.807) is 6.07 Å². The summed E-state index contributed by atoms with van der Waals surface area (Å²) in [5.74, 6) is 0.421. The maximum absolute atomic E-state index is 12.3. The minimum Gasteiger partial charge on any atom is -0.482 e. The molecule has 0 radical (unpaired) electrons. The lowest BCUT2D eigenvalue weighted by molar-refractivity contribution is -0.139. The number of aliphatic carboxylic acids is 1. The monoisotopic (exact) mass is 396 g/mol. The highest BCUT2D eigenvalue weighted by Crippen LogP contribution is 2.30. The standard InChI is InChI=1S/C19H28N2O5S/c1-14(2)9-20-7-8-21(17-13-27(24,25)12-16(17)20)10-15-5-3-4-6-18(15)26-11-19(22)23/h3-6,14,16-17H,7-13H2,1-2H3,(H,22,23)/t16-,17+/m0/s1. The Morgan fingerprint density at radius 2 is 1.81 bits per heavy atom. The van der Waals surface area contributed by atoms with Crippen molar-refractivity contribution in [2.24, 2.45) is 5.92 Å². The highest BCUT2D eigenvalue weighted by Gasteiger charge is 2.46. The van der Waals surface area contributed by atoms with Gasteiger partial charge in [-0.1, -0.05) is 32.0 Å². The first-order chi connectivity index (χ1) is 12.7. The summed E-state index contributed by atoms with van der Waals surface area (Å²) in [5.41, 5.74) is 0.888. The van der Waals surface area contributed by atoms with Crippen LogP contribution in [-0.4, -0.2) is 79.1 Å². The number of ether oxygens (including phenoxy) is 1. The van der Waals surface area contributed by atoms with Crippen molar-refractivity contribution in [3.63, 3.8) is 0 Å². The number of carbonyl (C=O) groups is 1. The number of fused-ring (bicyclic) bond motifs is 1. The minimum absolute atomic E-state index is 0.0262. The average Bonchev–Trinajstić information content (AvgIpc) is 2.91. The molecule has 2 aliphatic rings. The van der Waals surface area contributed by atoms with E-state index in [1.165, 1.54) is 0 Å². The molecule has 0 unspecified atom stereocenters. The van der Waals surface area contributed by atoms with E-state index >= 15 is 0 Å². The maximum Gasteiger partial charge on any atom is 0.341 e. The van der Waals surface area contributed by atoms with Crippen LogP contribution in [0.4, 0.5) is 0 Å². The van der Waals surface area contributed by atoms with Crippen LogP contribution in [0.25, 0.3) is 0 Å². The summed E-state index contributed by atoms with van der Waals surface area (Å²) in [6, 6.07) is 7.37. The molecule has 0 spiro atoms. The molecule has 1 N–H and O–H groups in total. The second-order valence-electron chi connectivity index (χ2n) is 7.86. The lowest BCUT2D eigenvalue weighted by Crippen LogP contribution is -2.59. The SMILES string of the molecule is CC(C)CN1CCN(Cc2ccccc2OCC(=O)O)[C@@H]2CS(=O)(=O)C[C@@H]21. The lowest BCUT2D eigenvalue weighted by Gasteiger charge is -2.44. The quantitative estimate of drug-likeness (QED) is 0.738. The molecule has 2 heterocycles. The topological polar surface area (TPSA) is 87.2 Å². The number of hydrogen-bond donors (Lipinski definition) is 1. The molecule has 0 bridgehead atoms. The van der Waals surface area contributed by atoms with Crippen LogP contribution in [0.1, 0.15) is 19.4 Å². The third kappa shape index (κ3) is 5.00. The molecular weight excluding hydrogens is 368 g/mol. The predicted octanol–water partition coefficient (Wildman–Crippen LogP) is 1.09. The van der Waals surface area contributed by atoms with E-state index in [2.05, 4.69) is 23.6 Å². The van der Waals surface area contributed by atoms with Crippen LogP contribution >= 0.6 is 0 Å². The Hall–Kier alpha value is -1.64. The summed E-state index contributed by atoms with van der Waals surface area (Å²) in [4.78, 5) is 15.4. The van der Waals surface area contributed by atoms with Crippen LogP contribution in [0, 0.1) is 5.92 Å². The number of rotatable bonds is 7. The van der Waals surface area contributed by atoms with E-state index in [-0.39, 0.29) is 30.2 Å². The zero-order chi connectivity index (χ0) is 19.6. The van der Waals surface area contributed by atoms with E-state index in [1.807, 2.05) is 18.2 Å². The summed E-state index contributed by atoms with van der Waals surface area (Å²) in [6.45, 7) is 7.01. The molecule has 0 saturated carbocycles. The van der Waals surface area contributed by atoms with Gasteiger partial charge in [0.1, 0.15) is 5.75 Å². The smallest absolute Gasteiger partial charge is 0.341 e. The molecule has 1 aromatic carbocycles. The molecule has 27 heavy (non-hydrogen) atoms. The van der Waals surface area contributed by atoms with Crippen LogP contribution in [0.2, 0.25) is 0 Å². The molecule has 2 atom stereocenters. The van der Waals surface area contributed by atoms with Gasteiger partial charge in [-0.15, -0.1) is 0 Å². The van der Waals surface area contributed by atoms with Crippen molar-refractivity contribution in [2.75, 3.05) is 37.7 Å². The number of nitrogens with zero attached hydrogens (tertiary/aromatic N) is 2. The number of para-hydroxylation sites is 1. The zero-order valence-electron chi connectivity index (χ0n) is 15.9. The molecule has 7 nitrogen and oxygen atoms in total. The van der Waals surface area contributed by atoms with Gasteiger partial charge >= 0.3 is 5.97 Å². The van der Waals surface area contributed by atoms with E-state index in [9.17, 15) is 13.2 Å². The van der Waals surface area contributed by atoms with E-state index in [0.717, 1.165) is 25.2 Å². The predicted molar refractivity (Wildman–Crippen MR) is 103 cm³/mol. The Morgan fingerprint density at radius 3 is 2.48 bits per heavy atom. The van der Waals surface area contributed by atoms with Crippen molar-refractivity contribution in [1.82, 2.24) is 9.80 Å². The van der Waals surface area contributed by atoms with Gasteiger partial charge in [0.05, 0.1) is 11.5 Å². The summed E-state index contributed by atoms with van der Waals surface area (Å²) in [6.07, 6.45) is 0. The molecule has 0 amide bonds. The van der Waals surface area contributed by atoms with Gasteiger partial charge in [0.15, 0.2) is 16.4 Å². The second-order valence-corrected chi connectivity index (χ2v) is 10.0. The number of piperazine rings is 1. The van der Waals surface area contributed by atoms with E-state index < -0.39 is 15.8 Å². The number of carboxylic acid groups (broad SMARTS) is 1. The largest absolute Gasteiger partial charge is 0.482 e. The van der Waals surface area contributed by atoms with E-state index in [4.69, 9.17) is 9.84 Å². The average molecular weight is 397 g/mol. The number of carboxylic acids is 1. The highest BCUT2D eigenvalue weighted by molar-refractivity contribution is 7.91. The van der Waals surface area contributed by atoms with Crippen LogP contribution in [0.5, 0.6) is 5.75 Å². The minimum atomic E-state index is -3.05. The first-order valence-electron chi connectivity index (χ1n) is 9.36. The number of hydrogen-bond acceptors (Lipinski definition) is 6. The van der Waals surface area contributed by atoms with Crippen molar-refractivity contribution in [3.8, 4) is 5.75 Å². The molecular formula is C19H28N2O5S. The molecule has 2 fully saturated rings. The third-order valence-electron chi connectivity index (χ3n) is 5.20. The maximum atomic E-state index is 12.3. The summed E-state index contributed by atoms with van der Waals surface area (Å²) >= 11 is 0. The Balaban J connectivity index is 1.77. The molecule has 150 valence electrons. The van der Waals surface area contributed by atoms with Gasteiger partial charge < -0.3 is 9.84 Å². The molecule has 0 aliphatic carbocycles. The van der Waals surface area contributed by atoms with Gasteiger partial charge in [-0.2, -0.15) is 0 Å². The lowest BCUT2D eigenvalue weighted by atomic mass is 10.0. The van der Waals surface area contributed by atoms with Gasteiger partial charge in [-0.25, -0.2) is 13.2 Å². The Kier molecular flexibility index (Phi) is 6.08. The zero-order valence-corrected chi connectivity index (χ0v) is 16.7. The summed E-state index contributed by atoms with van der Waals surface area (Å²) in [7, 11) is -3.05. The molecule has 8 heteroatoms. The van der Waals surface area contributed by atoms with Gasteiger partial charge in [-0.05, 0) is 12.0 Å². The van der Waals surface area contributed by atoms with Gasteiger partial charge in [-0.3, -0.25) is 9.80 Å². The fourth-order valence-corrected chi connectivity index (χ4v) is 6.16. The number of benzene rings is 1.